The maximum absolute atomic E-state index is 14.6. The zero-order chi connectivity index (χ0) is 23.0. The van der Waals surface area contributed by atoms with Crippen LogP contribution in [0.25, 0.3) is 0 Å². The van der Waals surface area contributed by atoms with Crippen LogP contribution in [-0.4, -0.2) is 32.5 Å². The predicted molar refractivity (Wildman–Crippen MR) is 126 cm³/mol. The summed E-state index contributed by atoms with van der Waals surface area (Å²) in [4.78, 5) is 32.0. The number of carbonyl (C=O) groups excluding carboxylic acids is 2. The molecule has 1 aliphatic heterocycles. The van der Waals surface area contributed by atoms with Crippen molar-refractivity contribution in [3.05, 3.63) is 89.2 Å². The molecule has 1 fully saturated rings. The quantitative estimate of drug-likeness (QED) is 0.605. The summed E-state index contributed by atoms with van der Waals surface area (Å²) in [5.41, 5.74) is 4.43. The smallest absolute Gasteiger partial charge is 0.255 e. The highest BCUT2D eigenvalue weighted by Crippen LogP contribution is 2.37. The van der Waals surface area contributed by atoms with Crippen molar-refractivity contribution in [1.29, 1.82) is 0 Å². The second-order valence-corrected chi connectivity index (χ2v) is 8.32. The monoisotopic (exact) mass is 431 g/mol. The van der Waals surface area contributed by atoms with Crippen LogP contribution in [0.3, 0.4) is 0 Å². The average Bonchev–Trinajstić information content (AvgIpc) is 2.76. The number of halogens is 1. The third-order valence-electron chi connectivity index (χ3n) is 5.80. The molecule has 1 aliphatic rings. The van der Waals surface area contributed by atoms with Gasteiger partial charge in [-0.3, -0.25) is 19.4 Å². The van der Waals surface area contributed by atoms with Crippen LogP contribution in [0.5, 0.6) is 0 Å². The number of aryl methyl sites for hydroxylation is 2. The predicted octanol–water partition coefficient (Wildman–Crippen LogP) is 4.63. The minimum absolute atomic E-state index is 0.112. The number of rotatable bonds is 4. The molecule has 0 spiro atoms. The summed E-state index contributed by atoms with van der Waals surface area (Å²) >= 11 is 0. The zero-order valence-corrected chi connectivity index (χ0v) is 18.7. The highest BCUT2D eigenvalue weighted by atomic mass is 19.1. The van der Waals surface area contributed by atoms with Crippen LogP contribution in [0.2, 0.25) is 0 Å². The van der Waals surface area contributed by atoms with Gasteiger partial charge in [-0.05, 0) is 55.3 Å². The van der Waals surface area contributed by atoms with Gasteiger partial charge in [0.25, 0.3) is 5.91 Å². The fourth-order valence-electron chi connectivity index (χ4n) is 4.16. The minimum atomic E-state index is -0.895. The fraction of sp³-hybridized carbons (Fsp3) is 0.231. The summed E-state index contributed by atoms with van der Waals surface area (Å²) in [5.74, 6) is -1.14. The Kier molecular flexibility index (Phi) is 5.70. The van der Waals surface area contributed by atoms with E-state index in [1.165, 1.54) is 17.0 Å². The SMILES string of the molecule is Cc1ccc(N2C(=O)CN(c3ccccc3F)C(=O)[C@H]2c2ccc(N(C)C)cc2)c(C)c1. The highest BCUT2D eigenvalue weighted by molar-refractivity contribution is 6.14. The van der Waals surface area contributed by atoms with E-state index in [4.69, 9.17) is 0 Å². The molecule has 5 nitrogen and oxygen atoms in total. The maximum atomic E-state index is 14.6. The molecular formula is C26H26FN3O2. The number of para-hydroxylation sites is 1. The molecule has 0 radical (unpaired) electrons. The summed E-state index contributed by atoms with van der Waals surface area (Å²) < 4.78 is 14.6. The van der Waals surface area contributed by atoms with Crippen molar-refractivity contribution < 1.29 is 14.0 Å². The molecule has 0 unspecified atom stereocenters. The van der Waals surface area contributed by atoms with Gasteiger partial charge in [0, 0.05) is 25.5 Å². The Morgan fingerprint density at radius 2 is 1.59 bits per heavy atom. The molecule has 32 heavy (non-hydrogen) atoms. The topological polar surface area (TPSA) is 43.9 Å². The van der Waals surface area contributed by atoms with Crippen molar-refractivity contribution in [2.24, 2.45) is 0 Å². The summed E-state index contributed by atoms with van der Waals surface area (Å²) in [6.07, 6.45) is 0. The van der Waals surface area contributed by atoms with Gasteiger partial charge in [-0.25, -0.2) is 4.39 Å². The number of carbonyl (C=O) groups is 2. The average molecular weight is 432 g/mol. The van der Waals surface area contributed by atoms with Crippen LogP contribution >= 0.6 is 0 Å². The lowest BCUT2D eigenvalue weighted by molar-refractivity contribution is -0.128. The first-order chi connectivity index (χ1) is 15.3. The molecule has 0 saturated carbocycles. The molecule has 164 valence electrons. The van der Waals surface area contributed by atoms with E-state index in [2.05, 4.69) is 0 Å². The molecular weight excluding hydrogens is 405 g/mol. The van der Waals surface area contributed by atoms with Crippen molar-refractivity contribution in [3.8, 4) is 0 Å². The number of piperazine rings is 1. The van der Waals surface area contributed by atoms with Crippen LogP contribution in [-0.2, 0) is 9.59 Å². The van der Waals surface area contributed by atoms with E-state index >= 15 is 0 Å². The number of benzene rings is 3. The Labute approximate surface area is 187 Å². The van der Waals surface area contributed by atoms with E-state index in [-0.39, 0.29) is 24.0 Å². The lowest BCUT2D eigenvalue weighted by atomic mass is 9.97. The van der Waals surface area contributed by atoms with E-state index in [1.54, 1.807) is 17.0 Å². The fourth-order valence-corrected chi connectivity index (χ4v) is 4.16. The number of nitrogens with zero attached hydrogens (tertiary/aromatic N) is 3. The van der Waals surface area contributed by atoms with Gasteiger partial charge in [0.15, 0.2) is 0 Å². The van der Waals surface area contributed by atoms with Crippen LogP contribution in [0.1, 0.15) is 22.7 Å². The zero-order valence-electron chi connectivity index (χ0n) is 18.7. The molecule has 0 aliphatic carbocycles. The largest absolute Gasteiger partial charge is 0.378 e. The first kappa shape index (κ1) is 21.6. The minimum Gasteiger partial charge on any atom is -0.378 e. The molecule has 1 atom stereocenters. The van der Waals surface area contributed by atoms with Crippen molar-refractivity contribution in [2.45, 2.75) is 19.9 Å². The number of anilines is 3. The molecule has 1 heterocycles. The van der Waals surface area contributed by atoms with Gasteiger partial charge in [0.1, 0.15) is 18.4 Å². The van der Waals surface area contributed by atoms with Gasteiger partial charge in [-0.2, -0.15) is 0 Å². The Morgan fingerprint density at radius 3 is 2.22 bits per heavy atom. The van der Waals surface area contributed by atoms with Crippen LogP contribution in [0.15, 0.2) is 66.7 Å². The molecule has 4 rings (SSSR count). The maximum Gasteiger partial charge on any atom is 0.255 e. The summed E-state index contributed by atoms with van der Waals surface area (Å²) in [6.45, 7) is 3.69. The van der Waals surface area contributed by atoms with Gasteiger partial charge in [0.05, 0.1) is 5.69 Å². The summed E-state index contributed by atoms with van der Waals surface area (Å²) in [7, 11) is 3.87. The third-order valence-corrected chi connectivity index (χ3v) is 5.80. The third kappa shape index (κ3) is 3.84. The van der Waals surface area contributed by atoms with Crippen LogP contribution in [0.4, 0.5) is 21.5 Å². The lowest BCUT2D eigenvalue weighted by Gasteiger charge is -2.41. The number of hydrogen-bond donors (Lipinski definition) is 0. The van der Waals surface area contributed by atoms with Crippen molar-refractivity contribution in [2.75, 3.05) is 35.3 Å². The van der Waals surface area contributed by atoms with E-state index < -0.39 is 11.9 Å². The normalized spacial score (nSPS) is 16.5. The van der Waals surface area contributed by atoms with Gasteiger partial charge >= 0.3 is 0 Å². The number of hydrogen-bond acceptors (Lipinski definition) is 3. The van der Waals surface area contributed by atoms with Crippen LogP contribution in [0, 0.1) is 19.7 Å². The molecule has 3 aromatic rings. The molecule has 0 aromatic heterocycles. The Hall–Kier alpha value is -3.67. The first-order valence-corrected chi connectivity index (χ1v) is 10.5. The second-order valence-electron chi connectivity index (χ2n) is 8.32. The summed E-state index contributed by atoms with van der Waals surface area (Å²) in [5, 5.41) is 0. The van der Waals surface area contributed by atoms with Gasteiger partial charge < -0.3 is 4.90 Å². The summed E-state index contributed by atoms with van der Waals surface area (Å²) in [6, 6.07) is 18.5. The lowest BCUT2D eigenvalue weighted by Crippen LogP contribution is -2.56. The van der Waals surface area contributed by atoms with Gasteiger partial charge in [0.2, 0.25) is 5.91 Å². The Bertz CT molecular complexity index is 1170. The molecule has 0 bridgehead atoms. The van der Waals surface area contributed by atoms with E-state index in [1.807, 2.05) is 75.3 Å². The van der Waals surface area contributed by atoms with Crippen LogP contribution < -0.4 is 14.7 Å². The highest BCUT2D eigenvalue weighted by Gasteiger charge is 2.42. The number of amides is 2. The Morgan fingerprint density at radius 1 is 0.906 bits per heavy atom. The Balaban J connectivity index is 1.85. The standard InChI is InChI=1S/C26H26FN3O2/c1-17-9-14-22(18(2)15-17)30-24(31)16-29(23-8-6-5-7-21(23)27)26(32)25(30)19-10-12-20(13-11-19)28(3)4/h5-15,25H,16H2,1-4H3/t25-/m1/s1. The van der Waals surface area contributed by atoms with Crippen molar-refractivity contribution in [3.63, 3.8) is 0 Å². The first-order valence-electron chi connectivity index (χ1n) is 10.5. The van der Waals surface area contributed by atoms with E-state index in [9.17, 15) is 14.0 Å². The molecule has 3 aromatic carbocycles. The second kappa shape index (κ2) is 8.46. The molecule has 2 amide bonds. The van der Waals surface area contributed by atoms with Crippen molar-refractivity contribution in [1.82, 2.24) is 0 Å². The van der Waals surface area contributed by atoms with Gasteiger partial charge in [-0.15, -0.1) is 0 Å². The molecule has 0 N–H and O–H groups in total. The van der Waals surface area contributed by atoms with Crippen molar-refractivity contribution >= 4 is 28.9 Å². The van der Waals surface area contributed by atoms with E-state index in [0.29, 0.717) is 11.3 Å². The van der Waals surface area contributed by atoms with Gasteiger partial charge in [-0.1, -0.05) is 42.0 Å². The molecule has 1 saturated heterocycles. The molecule has 6 heteroatoms. The van der Waals surface area contributed by atoms with E-state index in [0.717, 1.165) is 16.8 Å².